The molecule has 1 unspecified atom stereocenters. The van der Waals surface area contributed by atoms with Gasteiger partial charge in [0.05, 0.1) is 12.6 Å². The number of anilines is 1. The van der Waals surface area contributed by atoms with Crippen molar-refractivity contribution in [3.8, 4) is 0 Å². The van der Waals surface area contributed by atoms with E-state index in [2.05, 4.69) is 15.6 Å². The molecule has 1 aliphatic heterocycles. The average molecular weight is 483 g/mol. The fourth-order valence-corrected chi connectivity index (χ4v) is 2.83. The Morgan fingerprint density at radius 3 is 2.67 bits per heavy atom. The molecule has 1 fully saturated rings. The zero-order valence-electron chi connectivity index (χ0n) is 14.8. The molecular formula is C18H22IN5O3. The van der Waals surface area contributed by atoms with Gasteiger partial charge < -0.3 is 25.7 Å². The van der Waals surface area contributed by atoms with Crippen molar-refractivity contribution < 1.29 is 14.0 Å². The highest BCUT2D eigenvalue weighted by molar-refractivity contribution is 14.0. The van der Waals surface area contributed by atoms with E-state index in [-0.39, 0.29) is 41.7 Å². The fourth-order valence-electron chi connectivity index (χ4n) is 2.83. The summed E-state index contributed by atoms with van der Waals surface area (Å²) in [5.74, 6) is 0.694. The molecule has 0 radical (unpaired) electrons. The molecule has 0 spiro atoms. The lowest BCUT2D eigenvalue weighted by Gasteiger charge is -2.18. The monoisotopic (exact) mass is 483 g/mol. The van der Waals surface area contributed by atoms with Gasteiger partial charge >= 0.3 is 0 Å². The van der Waals surface area contributed by atoms with Gasteiger partial charge in [0.25, 0.3) is 5.91 Å². The van der Waals surface area contributed by atoms with E-state index in [1.165, 1.54) is 6.07 Å². The summed E-state index contributed by atoms with van der Waals surface area (Å²) >= 11 is 0. The Morgan fingerprint density at radius 2 is 2.04 bits per heavy atom. The van der Waals surface area contributed by atoms with Crippen LogP contribution in [0.4, 0.5) is 5.69 Å². The number of furan rings is 1. The predicted octanol–water partition coefficient (Wildman–Crippen LogP) is 1.47. The number of halogens is 1. The van der Waals surface area contributed by atoms with Crippen molar-refractivity contribution in [2.75, 3.05) is 18.5 Å². The maximum Gasteiger partial charge on any atom is 0.284 e. The van der Waals surface area contributed by atoms with Gasteiger partial charge in [-0.2, -0.15) is 0 Å². The van der Waals surface area contributed by atoms with Gasteiger partial charge in [-0.1, -0.05) is 18.2 Å². The molecule has 0 saturated carbocycles. The number of benzene rings is 1. The van der Waals surface area contributed by atoms with Crippen LogP contribution in [0.1, 0.15) is 22.7 Å². The highest BCUT2D eigenvalue weighted by atomic mass is 127. The van der Waals surface area contributed by atoms with E-state index in [0.29, 0.717) is 31.2 Å². The van der Waals surface area contributed by atoms with Crippen LogP contribution in [0.3, 0.4) is 0 Å². The largest absolute Gasteiger partial charge is 0.454 e. The zero-order chi connectivity index (χ0) is 18.5. The van der Waals surface area contributed by atoms with Crippen LogP contribution in [0.25, 0.3) is 0 Å². The first kappa shape index (κ1) is 20.7. The Morgan fingerprint density at radius 1 is 1.30 bits per heavy atom. The van der Waals surface area contributed by atoms with Gasteiger partial charge in [-0.3, -0.25) is 14.6 Å². The van der Waals surface area contributed by atoms with Crippen LogP contribution >= 0.6 is 24.0 Å². The molecule has 1 saturated heterocycles. The van der Waals surface area contributed by atoms with Crippen molar-refractivity contribution in [2.45, 2.75) is 19.0 Å². The van der Waals surface area contributed by atoms with Gasteiger partial charge in [0.1, 0.15) is 5.76 Å². The van der Waals surface area contributed by atoms with Crippen molar-refractivity contribution >= 4 is 47.4 Å². The Labute approximate surface area is 174 Å². The molecule has 8 nitrogen and oxygen atoms in total. The molecule has 4 N–H and O–H groups in total. The number of nitrogens with one attached hydrogen (secondary N) is 2. The lowest BCUT2D eigenvalue weighted by Crippen LogP contribution is -2.44. The van der Waals surface area contributed by atoms with Crippen LogP contribution in [0.5, 0.6) is 0 Å². The highest BCUT2D eigenvalue weighted by Gasteiger charge is 2.31. The minimum absolute atomic E-state index is 0. The number of hydrogen-bond acceptors (Lipinski definition) is 4. The summed E-state index contributed by atoms with van der Waals surface area (Å²) in [7, 11) is 1.65. The second-order valence-corrected chi connectivity index (χ2v) is 5.94. The molecule has 1 aromatic carbocycles. The molecule has 1 aromatic heterocycles. The summed E-state index contributed by atoms with van der Waals surface area (Å²) < 4.78 is 5.32. The van der Waals surface area contributed by atoms with Crippen molar-refractivity contribution in [3.63, 3.8) is 0 Å². The van der Waals surface area contributed by atoms with Crippen LogP contribution in [-0.4, -0.2) is 37.4 Å². The normalized spacial score (nSPS) is 16.8. The topological polar surface area (TPSA) is 113 Å². The number of nitrogens with zero attached hydrogens (tertiary/aromatic N) is 2. The van der Waals surface area contributed by atoms with E-state index < -0.39 is 5.91 Å². The molecule has 27 heavy (non-hydrogen) atoms. The number of aliphatic imine (C=N–C) groups is 1. The number of nitrogens with two attached hydrogens (primary N) is 1. The SMILES string of the molecule is CN=C(NCc1ccc(C(N)=O)o1)NC1CC(=O)N(c2ccccc2)C1.I. The summed E-state index contributed by atoms with van der Waals surface area (Å²) in [5.41, 5.74) is 6.05. The van der Waals surface area contributed by atoms with Crippen molar-refractivity contribution in [1.29, 1.82) is 0 Å². The van der Waals surface area contributed by atoms with Gasteiger partial charge in [-0.25, -0.2) is 0 Å². The summed E-state index contributed by atoms with van der Waals surface area (Å²) in [6.07, 6.45) is 0.391. The molecule has 0 bridgehead atoms. The summed E-state index contributed by atoms with van der Waals surface area (Å²) in [4.78, 5) is 29.2. The number of carbonyl (C=O) groups is 2. The number of rotatable bonds is 5. The highest BCUT2D eigenvalue weighted by Crippen LogP contribution is 2.20. The number of amides is 2. The summed E-state index contributed by atoms with van der Waals surface area (Å²) in [5, 5.41) is 6.34. The van der Waals surface area contributed by atoms with E-state index in [4.69, 9.17) is 10.2 Å². The van der Waals surface area contributed by atoms with Crippen molar-refractivity contribution in [3.05, 3.63) is 54.0 Å². The molecule has 0 aliphatic carbocycles. The number of para-hydroxylation sites is 1. The van der Waals surface area contributed by atoms with Gasteiger partial charge in [0, 0.05) is 25.7 Å². The first-order valence-corrected chi connectivity index (χ1v) is 8.28. The number of guanidine groups is 1. The zero-order valence-corrected chi connectivity index (χ0v) is 17.2. The van der Waals surface area contributed by atoms with Crippen LogP contribution in [0.2, 0.25) is 0 Å². The standard InChI is InChI=1S/C18H21N5O3.HI/c1-20-18(21-10-14-7-8-15(26-14)17(19)25)22-12-9-16(24)23(11-12)13-5-3-2-4-6-13;/h2-8,12H,9-11H2,1H3,(H2,19,25)(H2,20,21,22);1H. The van der Waals surface area contributed by atoms with E-state index >= 15 is 0 Å². The Hall–Kier alpha value is -2.56. The predicted molar refractivity (Wildman–Crippen MR) is 113 cm³/mol. The first-order valence-electron chi connectivity index (χ1n) is 8.28. The molecule has 2 heterocycles. The third kappa shape index (κ3) is 5.22. The first-order chi connectivity index (χ1) is 12.6. The van der Waals surface area contributed by atoms with E-state index in [0.717, 1.165) is 5.69 Å². The Bertz CT molecular complexity index is 821. The molecule has 2 aromatic rings. The van der Waals surface area contributed by atoms with E-state index in [9.17, 15) is 9.59 Å². The average Bonchev–Trinajstić information content (AvgIpc) is 3.26. The lowest BCUT2D eigenvalue weighted by molar-refractivity contribution is -0.117. The molecular weight excluding hydrogens is 461 g/mol. The summed E-state index contributed by atoms with van der Waals surface area (Å²) in [6, 6.07) is 12.7. The lowest BCUT2D eigenvalue weighted by atomic mass is 10.2. The number of hydrogen-bond donors (Lipinski definition) is 3. The van der Waals surface area contributed by atoms with Crippen LogP contribution in [0.15, 0.2) is 51.9 Å². The third-order valence-corrected chi connectivity index (χ3v) is 4.09. The maximum atomic E-state index is 12.3. The molecule has 1 aliphatic rings. The van der Waals surface area contributed by atoms with Gasteiger partial charge in [-0.15, -0.1) is 24.0 Å². The molecule has 2 amide bonds. The fraction of sp³-hybridized carbons (Fsp3) is 0.278. The van der Waals surface area contributed by atoms with Gasteiger partial charge in [0.2, 0.25) is 5.91 Å². The molecule has 1 atom stereocenters. The van der Waals surface area contributed by atoms with E-state index in [1.807, 2.05) is 30.3 Å². The third-order valence-electron chi connectivity index (χ3n) is 4.09. The summed E-state index contributed by atoms with van der Waals surface area (Å²) in [6.45, 7) is 0.909. The van der Waals surface area contributed by atoms with Gasteiger partial charge in [0.15, 0.2) is 11.7 Å². The quantitative estimate of drug-likeness (QED) is 0.339. The minimum Gasteiger partial charge on any atom is -0.454 e. The van der Waals surface area contributed by atoms with Crippen molar-refractivity contribution in [2.24, 2.45) is 10.7 Å². The minimum atomic E-state index is -0.607. The van der Waals surface area contributed by atoms with Crippen LogP contribution < -0.4 is 21.3 Å². The van der Waals surface area contributed by atoms with Crippen LogP contribution in [-0.2, 0) is 11.3 Å². The molecule has 3 rings (SSSR count). The second kappa shape index (κ2) is 9.40. The molecule has 144 valence electrons. The smallest absolute Gasteiger partial charge is 0.284 e. The second-order valence-electron chi connectivity index (χ2n) is 5.94. The Kier molecular flexibility index (Phi) is 7.22. The maximum absolute atomic E-state index is 12.3. The molecule has 9 heteroatoms. The van der Waals surface area contributed by atoms with Crippen LogP contribution in [0, 0.1) is 0 Å². The van der Waals surface area contributed by atoms with Crippen molar-refractivity contribution in [1.82, 2.24) is 10.6 Å². The Balaban J connectivity index is 0.00000261. The number of carbonyl (C=O) groups excluding carboxylic acids is 2. The van der Waals surface area contributed by atoms with Gasteiger partial charge in [-0.05, 0) is 24.3 Å². The van der Waals surface area contributed by atoms with E-state index in [1.54, 1.807) is 18.0 Å². The number of primary amides is 1.